The Balaban J connectivity index is 3.67. The normalized spacial score (nSPS) is 12.9. The van der Waals surface area contributed by atoms with Crippen LogP contribution in [0.4, 0.5) is 0 Å². The summed E-state index contributed by atoms with van der Waals surface area (Å²) >= 11 is 0. The first-order valence-corrected chi connectivity index (χ1v) is 3.44. The van der Waals surface area contributed by atoms with Crippen LogP contribution in [0.1, 0.15) is 13.3 Å². The molecular formula is C8H13NO2. The van der Waals surface area contributed by atoms with Crippen molar-refractivity contribution >= 4 is 12.2 Å². The fraction of sp³-hybridized carbons (Fsp3) is 0.500. The Labute approximate surface area is 66.6 Å². The Morgan fingerprint density at radius 2 is 2.36 bits per heavy atom. The van der Waals surface area contributed by atoms with E-state index in [-0.39, 0.29) is 11.9 Å². The lowest BCUT2D eigenvalue weighted by Gasteiger charge is -2.02. The van der Waals surface area contributed by atoms with Crippen LogP contribution < -0.4 is 0 Å². The molecule has 0 rings (SSSR count). The zero-order chi connectivity index (χ0) is 8.69. The lowest BCUT2D eigenvalue weighted by Crippen LogP contribution is -2.04. The van der Waals surface area contributed by atoms with Gasteiger partial charge in [0, 0.05) is 6.21 Å². The summed E-state index contributed by atoms with van der Waals surface area (Å²) in [7, 11) is 1.37. The molecule has 0 saturated heterocycles. The molecule has 3 heteroatoms. The molecular weight excluding hydrogens is 142 g/mol. The van der Waals surface area contributed by atoms with Gasteiger partial charge in [0.25, 0.3) is 0 Å². The van der Waals surface area contributed by atoms with Crippen molar-refractivity contribution < 1.29 is 9.53 Å². The third-order valence-electron chi connectivity index (χ3n) is 1.25. The minimum Gasteiger partial charge on any atom is -0.469 e. The fourth-order valence-corrected chi connectivity index (χ4v) is 0.660. The molecule has 0 saturated carbocycles. The van der Waals surface area contributed by atoms with Crippen molar-refractivity contribution in [2.75, 3.05) is 7.11 Å². The number of methoxy groups -OCH3 is 1. The summed E-state index contributed by atoms with van der Waals surface area (Å²) in [5.41, 5.74) is 0. The molecule has 0 aromatic carbocycles. The summed E-state index contributed by atoms with van der Waals surface area (Å²) in [6, 6.07) is 0. The number of allylic oxidation sites excluding steroid dienone is 2. The van der Waals surface area contributed by atoms with Crippen LogP contribution in [0.2, 0.25) is 0 Å². The monoisotopic (exact) mass is 155 g/mol. The van der Waals surface area contributed by atoms with Gasteiger partial charge in [0.15, 0.2) is 0 Å². The van der Waals surface area contributed by atoms with Crippen molar-refractivity contribution in [1.82, 2.24) is 0 Å². The number of nitrogens with one attached hydrogen (secondary N) is 1. The third-order valence-corrected chi connectivity index (χ3v) is 1.25. The summed E-state index contributed by atoms with van der Waals surface area (Å²) in [6.45, 7) is 1.90. The van der Waals surface area contributed by atoms with E-state index in [0.717, 1.165) is 0 Å². The summed E-state index contributed by atoms with van der Waals surface area (Å²) in [4.78, 5) is 10.7. The topological polar surface area (TPSA) is 50.2 Å². The van der Waals surface area contributed by atoms with E-state index in [2.05, 4.69) is 4.74 Å². The summed E-state index contributed by atoms with van der Waals surface area (Å²) in [6.07, 6.45) is 4.96. The first-order chi connectivity index (χ1) is 5.20. The van der Waals surface area contributed by atoms with Crippen LogP contribution in [0.3, 0.4) is 0 Å². The molecule has 62 valence electrons. The highest BCUT2D eigenvalue weighted by Gasteiger charge is 2.04. The second-order valence-corrected chi connectivity index (χ2v) is 2.31. The molecule has 0 fully saturated rings. The van der Waals surface area contributed by atoms with Gasteiger partial charge < -0.3 is 10.1 Å². The van der Waals surface area contributed by atoms with Crippen LogP contribution in [0, 0.1) is 11.3 Å². The lowest BCUT2D eigenvalue weighted by molar-refractivity contribution is -0.141. The predicted octanol–water partition coefficient (Wildman–Crippen LogP) is 1.39. The molecule has 0 aliphatic carbocycles. The van der Waals surface area contributed by atoms with Crippen LogP contribution >= 0.6 is 0 Å². The van der Waals surface area contributed by atoms with E-state index in [1.807, 2.05) is 6.92 Å². The van der Waals surface area contributed by atoms with Gasteiger partial charge in [0.2, 0.25) is 0 Å². The molecule has 0 aromatic rings. The van der Waals surface area contributed by atoms with Crippen LogP contribution in [0.25, 0.3) is 0 Å². The molecule has 1 N–H and O–H groups in total. The van der Waals surface area contributed by atoms with Gasteiger partial charge in [0.1, 0.15) is 0 Å². The van der Waals surface area contributed by atoms with Gasteiger partial charge in [-0.25, -0.2) is 0 Å². The van der Waals surface area contributed by atoms with Gasteiger partial charge in [-0.3, -0.25) is 4.79 Å². The molecule has 0 aromatic heterocycles. The maximum atomic E-state index is 10.7. The molecule has 0 radical (unpaired) electrons. The Bertz CT molecular complexity index is 163. The minimum absolute atomic E-state index is 0.143. The van der Waals surface area contributed by atoms with Gasteiger partial charge in [-0.1, -0.05) is 13.0 Å². The molecule has 0 aliphatic rings. The molecule has 0 amide bonds. The van der Waals surface area contributed by atoms with Gasteiger partial charge in [0.05, 0.1) is 13.5 Å². The van der Waals surface area contributed by atoms with E-state index in [4.69, 9.17) is 5.41 Å². The smallest absolute Gasteiger partial charge is 0.306 e. The standard InChI is InChI=1S/C8H13NO2/c1-7(4-3-5-9)6-8(10)11-2/h3-5,7,9H,6H2,1-2H3/b4-3-,9-5?. The molecule has 3 nitrogen and oxygen atoms in total. The van der Waals surface area contributed by atoms with Crippen LogP contribution in [-0.4, -0.2) is 19.3 Å². The van der Waals surface area contributed by atoms with E-state index in [1.165, 1.54) is 13.3 Å². The highest BCUT2D eigenvalue weighted by Crippen LogP contribution is 2.03. The van der Waals surface area contributed by atoms with E-state index in [9.17, 15) is 4.79 Å². The Kier molecular flexibility index (Phi) is 5.07. The Morgan fingerprint density at radius 3 is 2.82 bits per heavy atom. The number of ether oxygens (including phenoxy) is 1. The van der Waals surface area contributed by atoms with Gasteiger partial charge in [-0.15, -0.1) is 0 Å². The maximum absolute atomic E-state index is 10.7. The Hall–Kier alpha value is -1.12. The summed E-state index contributed by atoms with van der Waals surface area (Å²) in [5.74, 6) is -0.0730. The van der Waals surface area contributed by atoms with Crippen molar-refractivity contribution in [3.63, 3.8) is 0 Å². The molecule has 1 atom stereocenters. The molecule has 11 heavy (non-hydrogen) atoms. The van der Waals surface area contributed by atoms with Crippen molar-refractivity contribution in [1.29, 1.82) is 5.41 Å². The molecule has 0 spiro atoms. The predicted molar refractivity (Wildman–Crippen MR) is 43.7 cm³/mol. The van der Waals surface area contributed by atoms with Crippen LogP contribution in [0.5, 0.6) is 0 Å². The third kappa shape index (κ3) is 5.33. The zero-order valence-electron chi connectivity index (χ0n) is 6.83. The second kappa shape index (κ2) is 5.65. The summed E-state index contributed by atoms with van der Waals surface area (Å²) < 4.78 is 4.47. The molecule has 0 heterocycles. The minimum atomic E-state index is -0.216. The van der Waals surface area contributed by atoms with Crippen LogP contribution in [0.15, 0.2) is 12.2 Å². The number of carbonyl (C=O) groups excluding carboxylic acids is 1. The fourth-order valence-electron chi connectivity index (χ4n) is 0.660. The largest absolute Gasteiger partial charge is 0.469 e. The van der Waals surface area contributed by atoms with E-state index >= 15 is 0 Å². The molecule has 0 bridgehead atoms. The highest BCUT2D eigenvalue weighted by atomic mass is 16.5. The number of esters is 1. The molecule has 1 unspecified atom stereocenters. The zero-order valence-corrected chi connectivity index (χ0v) is 6.83. The van der Waals surface area contributed by atoms with E-state index < -0.39 is 0 Å². The molecule has 0 aliphatic heterocycles. The Morgan fingerprint density at radius 1 is 1.73 bits per heavy atom. The quantitative estimate of drug-likeness (QED) is 0.492. The maximum Gasteiger partial charge on any atom is 0.306 e. The van der Waals surface area contributed by atoms with Crippen molar-refractivity contribution in [3.8, 4) is 0 Å². The van der Waals surface area contributed by atoms with Gasteiger partial charge in [-0.05, 0) is 12.0 Å². The van der Waals surface area contributed by atoms with Crippen molar-refractivity contribution in [2.24, 2.45) is 5.92 Å². The average Bonchev–Trinajstić information content (AvgIpc) is 2.00. The van der Waals surface area contributed by atoms with E-state index in [0.29, 0.717) is 6.42 Å². The van der Waals surface area contributed by atoms with Gasteiger partial charge in [-0.2, -0.15) is 0 Å². The number of hydrogen-bond acceptors (Lipinski definition) is 3. The second-order valence-electron chi connectivity index (χ2n) is 2.31. The van der Waals surface area contributed by atoms with Crippen LogP contribution in [-0.2, 0) is 9.53 Å². The summed E-state index contributed by atoms with van der Waals surface area (Å²) in [5, 5.41) is 6.70. The van der Waals surface area contributed by atoms with Crippen molar-refractivity contribution in [3.05, 3.63) is 12.2 Å². The van der Waals surface area contributed by atoms with E-state index in [1.54, 1.807) is 12.2 Å². The number of carbonyl (C=O) groups is 1. The number of hydrogen-bond donors (Lipinski definition) is 1. The SMILES string of the molecule is COC(=O)CC(C)/C=C\C=N. The highest BCUT2D eigenvalue weighted by molar-refractivity contribution is 5.70. The number of rotatable bonds is 4. The van der Waals surface area contributed by atoms with Crippen molar-refractivity contribution in [2.45, 2.75) is 13.3 Å². The first kappa shape index (κ1) is 9.88. The van der Waals surface area contributed by atoms with Gasteiger partial charge >= 0.3 is 5.97 Å². The lowest BCUT2D eigenvalue weighted by atomic mass is 10.1. The average molecular weight is 155 g/mol. The first-order valence-electron chi connectivity index (χ1n) is 3.44.